The van der Waals surface area contributed by atoms with Crippen LogP contribution in [0.5, 0.6) is 11.5 Å². The minimum atomic E-state index is -3.51. The van der Waals surface area contributed by atoms with Crippen LogP contribution in [0.25, 0.3) is 0 Å². The number of methoxy groups -OCH3 is 2. The normalized spacial score (nSPS) is 18.9. The highest BCUT2D eigenvalue weighted by atomic mass is 32.2. The molecule has 1 atom stereocenters. The standard InChI is InChI=1S/C20H25NO4S/c1-24-18-8-6-16(7-9-18)17-5-3-4-14-21(15-17)26(22,23)20-12-10-19(25-2)11-13-20/h6-13,17H,3-5,14-15H2,1-2H3. The molecule has 1 fully saturated rings. The van der Waals surface area contributed by atoms with Crippen molar-refractivity contribution in [2.24, 2.45) is 0 Å². The zero-order valence-corrected chi connectivity index (χ0v) is 16.0. The largest absolute Gasteiger partial charge is 0.497 e. The first kappa shape index (κ1) is 18.7. The van der Waals surface area contributed by atoms with Crippen molar-refractivity contribution in [1.29, 1.82) is 0 Å². The Morgan fingerprint density at radius 3 is 2.04 bits per heavy atom. The number of sulfonamides is 1. The van der Waals surface area contributed by atoms with E-state index in [4.69, 9.17) is 9.47 Å². The summed E-state index contributed by atoms with van der Waals surface area (Å²) in [6, 6.07) is 14.5. The Hall–Kier alpha value is -2.05. The van der Waals surface area contributed by atoms with Crippen molar-refractivity contribution < 1.29 is 17.9 Å². The molecule has 1 aliphatic heterocycles. The molecule has 5 nitrogen and oxygen atoms in total. The van der Waals surface area contributed by atoms with Gasteiger partial charge >= 0.3 is 0 Å². The van der Waals surface area contributed by atoms with E-state index in [-0.39, 0.29) is 5.92 Å². The molecule has 0 N–H and O–H groups in total. The maximum atomic E-state index is 13.1. The highest BCUT2D eigenvalue weighted by molar-refractivity contribution is 7.89. The van der Waals surface area contributed by atoms with Gasteiger partial charge in [-0.25, -0.2) is 8.42 Å². The van der Waals surface area contributed by atoms with Crippen LogP contribution in [-0.4, -0.2) is 40.0 Å². The molecule has 26 heavy (non-hydrogen) atoms. The first-order chi connectivity index (χ1) is 12.5. The third-order valence-electron chi connectivity index (χ3n) is 4.92. The third kappa shape index (κ3) is 4.02. The van der Waals surface area contributed by atoms with Crippen LogP contribution in [0.3, 0.4) is 0 Å². The van der Waals surface area contributed by atoms with Crippen LogP contribution >= 0.6 is 0 Å². The molecule has 2 aromatic rings. The van der Waals surface area contributed by atoms with Gasteiger partial charge in [0.15, 0.2) is 0 Å². The molecule has 0 aliphatic carbocycles. The zero-order chi connectivity index (χ0) is 18.6. The van der Waals surface area contributed by atoms with Gasteiger partial charge in [-0.1, -0.05) is 18.6 Å². The fourth-order valence-electron chi connectivity index (χ4n) is 3.37. The fourth-order valence-corrected chi connectivity index (χ4v) is 4.89. The summed E-state index contributed by atoms with van der Waals surface area (Å²) in [5, 5.41) is 0. The van der Waals surface area contributed by atoms with Gasteiger partial charge in [0.05, 0.1) is 19.1 Å². The molecule has 3 rings (SSSR count). The Kier molecular flexibility index (Phi) is 5.84. The van der Waals surface area contributed by atoms with Gasteiger partial charge in [0.1, 0.15) is 11.5 Å². The molecule has 0 bridgehead atoms. The lowest BCUT2D eigenvalue weighted by atomic mass is 9.94. The summed E-state index contributed by atoms with van der Waals surface area (Å²) in [6.45, 7) is 1.06. The van der Waals surface area contributed by atoms with Gasteiger partial charge in [0.2, 0.25) is 10.0 Å². The van der Waals surface area contributed by atoms with E-state index in [9.17, 15) is 8.42 Å². The SMILES string of the molecule is COc1ccc(C2CCCCN(S(=O)(=O)c3ccc(OC)cc3)C2)cc1. The van der Waals surface area contributed by atoms with Crippen LogP contribution in [-0.2, 0) is 10.0 Å². The van der Waals surface area contributed by atoms with Gasteiger partial charge in [0.25, 0.3) is 0 Å². The number of rotatable bonds is 5. The van der Waals surface area contributed by atoms with Gasteiger partial charge in [-0.15, -0.1) is 0 Å². The monoisotopic (exact) mass is 375 g/mol. The Bertz CT molecular complexity index is 816. The number of benzene rings is 2. The van der Waals surface area contributed by atoms with E-state index in [0.717, 1.165) is 30.6 Å². The molecular weight excluding hydrogens is 350 g/mol. The average Bonchev–Trinajstić information content (AvgIpc) is 2.95. The minimum Gasteiger partial charge on any atom is -0.497 e. The molecule has 0 radical (unpaired) electrons. The van der Waals surface area contributed by atoms with E-state index in [0.29, 0.717) is 23.7 Å². The summed E-state index contributed by atoms with van der Waals surface area (Å²) >= 11 is 0. The molecular formula is C20H25NO4S. The van der Waals surface area contributed by atoms with Crippen LogP contribution in [0.4, 0.5) is 0 Å². The molecule has 1 saturated heterocycles. The van der Waals surface area contributed by atoms with Gasteiger partial charge < -0.3 is 9.47 Å². The molecule has 1 unspecified atom stereocenters. The molecule has 6 heteroatoms. The summed E-state index contributed by atoms with van der Waals surface area (Å²) in [4.78, 5) is 0.314. The summed E-state index contributed by atoms with van der Waals surface area (Å²) in [5.74, 6) is 1.65. The first-order valence-electron chi connectivity index (χ1n) is 8.83. The number of nitrogens with zero attached hydrogens (tertiary/aromatic N) is 1. The van der Waals surface area contributed by atoms with E-state index < -0.39 is 10.0 Å². The Balaban J connectivity index is 1.83. The molecule has 0 amide bonds. The lowest BCUT2D eigenvalue weighted by molar-refractivity contribution is 0.403. The second-order valence-electron chi connectivity index (χ2n) is 6.50. The van der Waals surface area contributed by atoms with Crippen molar-refractivity contribution >= 4 is 10.0 Å². The van der Waals surface area contributed by atoms with Crippen molar-refractivity contribution in [2.75, 3.05) is 27.3 Å². The van der Waals surface area contributed by atoms with E-state index in [1.54, 1.807) is 42.8 Å². The van der Waals surface area contributed by atoms with Crippen molar-refractivity contribution in [3.8, 4) is 11.5 Å². The Labute approximate surface area is 155 Å². The molecule has 140 valence electrons. The third-order valence-corrected chi connectivity index (χ3v) is 6.80. The van der Waals surface area contributed by atoms with Crippen molar-refractivity contribution in [3.05, 3.63) is 54.1 Å². The van der Waals surface area contributed by atoms with Crippen LogP contribution in [0.2, 0.25) is 0 Å². The van der Waals surface area contributed by atoms with E-state index in [2.05, 4.69) is 0 Å². The van der Waals surface area contributed by atoms with Crippen molar-refractivity contribution in [1.82, 2.24) is 4.31 Å². The summed E-state index contributed by atoms with van der Waals surface area (Å²) in [7, 11) is -0.301. The van der Waals surface area contributed by atoms with Crippen LogP contribution in [0.1, 0.15) is 30.7 Å². The summed E-state index contributed by atoms with van der Waals surface area (Å²) in [6.07, 6.45) is 2.88. The molecule has 0 saturated carbocycles. The van der Waals surface area contributed by atoms with Gasteiger partial charge in [-0.2, -0.15) is 4.31 Å². The fraction of sp³-hybridized carbons (Fsp3) is 0.400. The summed E-state index contributed by atoms with van der Waals surface area (Å²) in [5.41, 5.74) is 1.16. The van der Waals surface area contributed by atoms with E-state index in [1.165, 1.54) is 0 Å². The molecule has 0 aromatic heterocycles. The van der Waals surface area contributed by atoms with Crippen LogP contribution < -0.4 is 9.47 Å². The molecule has 1 heterocycles. The highest BCUT2D eigenvalue weighted by Crippen LogP contribution is 2.31. The lowest BCUT2D eigenvalue weighted by Crippen LogP contribution is -2.34. The van der Waals surface area contributed by atoms with Crippen LogP contribution in [0.15, 0.2) is 53.4 Å². The topological polar surface area (TPSA) is 55.8 Å². The minimum absolute atomic E-state index is 0.191. The lowest BCUT2D eigenvalue weighted by Gasteiger charge is -2.24. The highest BCUT2D eigenvalue weighted by Gasteiger charge is 2.29. The van der Waals surface area contributed by atoms with E-state index in [1.807, 2.05) is 24.3 Å². The van der Waals surface area contributed by atoms with Gasteiger partial charge in [0, 0.05) is 13.1 Å². The quantitative estimate of drug-likeness (QED) is 0.800. The van der Waals surface area contributed by atoms with Crippen molar-refractivity contribution in [3.63, 3.8) is 0 Å². The molecule has 1 aliphatic rings. The summed E-state index contributed by atoms with van der Waals surface area (Å²) < 4.78 is 38.1. The molecule has 0 spiro atoms. The Morgan fingerprint density at radius 1 is 0.885 bits per heavy atom. The second kappa shape index (κ2) is 8.10. The smallest absolute Gasteiger partial charge is 0.243 e. The predicted molar refractivity (Wildman–Crippen MR) is 101 cm³/mol. The van der Waals surface area contributed by atoms with E-state index >= 15 is 0 Å². The first-order valence-corrected chi connectivity index (χ1v) is 10.3. The number of ether oxygens (including phenoxy) is 2. The number of hydrogen-bond acceptors (Lipinski definition) is 4. The second-order valence-corrected chi connectivity index (χ2v) is 8.44. The van der Waals surface area contributed by atoms with Gasteiger partial charge in [-0.3, -0.25) is 0 Å². The van der Waals surface area contributed by atoms with Gasteiger partial charge in [-0.05, 0) is 60.7 Å². The number of hydrogen-bond donors (Lipinski definition) is 0. The zero-order valence-electron chi connectivity index (χ0n) is 15.2. The maximum Gasteiger partial charge on any atom is 0.243 e. The van der Waals surface area contributed by atoms with Crippen LogP contribution in [0, 0.1) is 0 Å². The van der Waals surface area contributed by atoms with Crippen molar-refractivity contribution in [2.45, 2.75) is 30.1 Å². The Morgan fingerprint density at radius 2 is 1.46 bits per heavy atom. The maximum absolute atomic E-state index is 13.1. The predicted octanol–water partition coefficient (Wildman–Crippen LogP) is 3.66. The average molecular weight is 375 g/mol. The molecule has 2 aromatic carbocycles.